The number of methoxy groups -OCH3 is 1. The molecule has 6 heteroatoms. The highest BCUT2D eigenvalue weighted by molar-refractivity contribution is 5.91. The van der Waals surface area contributed by atoms with E-state index in [0.717, 1.165) is 46.7 Å². The number of unbranched alkanes of at least 4 members (excludes halogenated alkanes) is 11. The number of carbonyl (C=O) groups excluding carboxylic acids is 1. The SMILES string of the molecule is CCCCCCCCCCCCCCOc1ccc(CN(C(C)=O)c2ccc(Cc3ncc4ccccn34)cc2)cc1OC. The number of anilines is 1. The minimum Gasteiger partial charge on any atom is -0.493 e. The van der Waals surface area contributed by atoms with Crippen molar-refractivity contribution in [3.8, 4) is 11.5 Å². The number of benzene rings is 2. The Hall–Kier alpha value is -3.80. The number of hydrogen-bond donors (Lipinski definition) is 0. The van der Waals surface area contributed by atoms with Crippen LogP contribution in [0.3, 0.4) is 0 Å². The van der Waals surface area contributed by atoms with Gasteiger partial charge < -0.3 is 18.8 Å². The van der Waals surface area contributed by atoms with Crippen LogP contribution in [0.1, 0.15) is 108 Å². The average Bonchev–Trinajstić information content (AvgIpc) is 3.45. The van der Waals surface area contributed by atoms with E-state index in [0.29, 0.717) is 18.9 Å². The first-order valence-corrected chi connectivity index (χ1v) is 16.7. The third-order valence-electron chi connectivity index (χ3n) is 8.33. The normalized spacial score (nSPS) is 11.2. The van der Waals surface area contributed by atoms with Crippen LogP contribution in [0.15, 0.2) is 73.1 Å². The number of fused-ring (bicyclic) bond motifs is 1. The molecule has 0 N–H and O–H groups in total. The standard InChI is InChI=1S/C38H51N3O3/c1-4-5-6-7-8-9-10-11-12-13-14-17-26-44-36-24-21-33(27-37(36)43-3)30-41(31(2)42)34-22-19-32(20-23-34)28-38-39-29-35-18-15-16-25-40(35)38/h15-16,18-25,27,29H,4-14,17,26,28,30H2,1-3H3. The minimum absolute atomic E-state index is 0.0109. The van der Waals surface area contributed by atoms with Gasteiger partial charge in [-0.1, -0.05) is 102 Å². The molecule has 44 heavy (non-hydrogen) atoms. The maximum absolute atomic E-state index is 12.7. The number of aromatic nitrogens is 2. The molecule has 0 aliphatic carbocycles. The van der Waals surface area contributed by atoms with Gasteiger partial charge in [0, 0.05) is 25.2 Å². The Labute approximate surface area is 264 Å². The molecule has 0 aliphatic rings. The van der Waals surface area contributed by atoms with Crippen LogP contribution in [0.25, 0.3) is 5.52 Å². The van der Waals surface area contributed by atoms with Crippen molar-refractivity contribution in [2.24, 2.45) is 0 Å². The summed E-state index contributed by atoms with van der Waals surface area (Å²) in [6.07, 6.45) is 20.5. The molecule has 0 saturated carbocycles. The number of imidazole rings is 1. The molecule has 0 unspecified atom stereocenters. The highest BCUT2D eigenvalue weighted by atomic mass is 16.5. The first-order chi connectivity index (χ1) is 21.6. The van der Waals surface area contributed by atoms with E-state index >= 15 is 0 Å². The second-order valence-corrected chi connectivity index (χ2v) is 11.8. The summed E-state index contributed by atoms with van der Waals surface area (Å²) < 4.78 is 13.8. The summed E-state index contributed by atoms with van der Waals surface area (Å²) in [6, 6.07) is 20.2. The van der Waals surface area contributed by atoms with Gasteiger partial charge in [0.25, 0.3) is 0 Å². The fraction of sp³-hybridized carbons (Fsp3) is 0.474. The van der Waals surface area contributed by atoms with Crippen LogP contribution in [0.5, 0.6) is 11.5 Å². The van der Waals surface area contributed by atoms with E-state index in [1.807, 2.05) is 54.9 Å². The Morgan fingerprint density at radius 2 is 1.45 bits per heavy atom. The van der Waals surface area contributed by atoms with Crippen LogP contribution < -0.4 is 14.4 Å². The lowest BCUT2D eigenvalue weighted by atomic mass is 10.1. The number of carbonyl (C=O) groups is 1. The fourth-order valence-electron chi connectivity index (χ4n) is 5.73. The predicted octanol–water partition coefficient (Wildman–Crippen LogP) is 9.57. The van der Waals surface area contributed by atoms with Gasteiger partial charge in [-0.3, -0.25) is 4.79 Å². The van der Waals surface area contributed by atoms with E-state index in [9.17, 15) is 4.79 Å². The molecule has 0 fully saturated rings. The zero-order valence-corrected chi connectivity index (χ0v) is 27.1. The zero-order valence-electron chi connectivity index (χ0n) is 27.1. The zero-order chi connectivity index (χ0) is 31.0. The van der Waals surface area contributed by atoms with Crippen molar-refractivity contribution in [3.05, 3.63) is 90.0 Å². The molecular formula is C38H51N3O3. The number of amides is 1. The fourth-order valence-corrected chi connectivity index (χ4v) is 5.73. The maximum Gasteiger partial charge on any atom is 0.224 e. The molecule has 6 nitrogen and oxygen atoms in total. The lowest BCUT2D eigenvalue weighted by Gasteiger charge is -2.22. The van der Waals surface area contributed by atoms with Crippen molar-refractivity contribution in [1.29, 1.82) is 0 Å². The quantitative estimate of drug-likeness (QED) is 0.0952. The van der Waals surface area contributed by atoms with E-state index in [1.54, 1.807) is 18.9 Å². The van der Waals surface area contributed by atoms with Crippen molar-refractivity contribution < 1.29 is 14.3 Å². The highest BCUT2D eigenvalue weighted by Gasteiger charge is 2.15. The van der Waals surface area contributed by atoms with Gasteiger partial charge in [-0.05, 0) is 53.9 Å². The third kappa shape index (κ3) is 10.1. The minimum atomic E-state index is -0.0109. The molecule has 0 spiro atoms. The van der Waals surface area contributed by atoms with Gasteiger partial charge in [-0.15, -0.1) is 0 Å². The monoisotopic (exact) mass is 597 g/mol. The smallest absolute Gasteiger partial charge is 0.224 e. The molecule has 0 atom stereocenters. The highest BCUT2D eigenvalue weighted by Crippen LogP contribution is 2.30. The lowest BCUT2D eigenvalue weighted by Crippen LogP contribution is -2.27. The molecule has 0 bridgehead atoms. The summed E-state index contributed by atoms with van der Waals surface area (Å²) in [6.45, 7) is 5.02. The predicted molar refractivity (Wildman–Crippen MR) is 181 cm³/mol. The van der Waals surface area contributed by atoms with Gasteiger partial charge in [0.1, 0.15) is 5.82 Å². The van der Waals surface area contributed by atoms with Gasteiger partial charge in [-0.2, -0.15) is 0 Å². The Kier molecular flexibility index (Phi) is 13.6. The molecule has 1 amide bonds. The van der Waals surface area contributed by atoms with E-state index in [2.05, 4.69) is 34.5 Å². The van der Waals surface area contributed by atoms with Crippen molar-refractivity contribution in [1.82, 2.24) is 9.38 Å². The number of pyridine rings is 1. The van der Waals surface area contributed by atoms with Crippen LogP contribution in [0.4, 0.5) is 5.69 Å². The molecule has 4 rings (SSSR count). The van der Waals surface area contributed by atoms with E-state index in [4.69, 9.17) is 9.47 Å². The Balaban J connectivity index is 1.22. The maximum atomic E-state index is 12.7. The van der Waals surface area contributed by atoms with Crippen molar-refractivity contribution in [2.75, 3.05) is 18.6 Å². The molecule has 0 radical (unpaired) electrons. The summed E-state index contributed by atoms with van der Waals surface area (Å²) in [4.78, 5) is 19.0. The topological polar surface area (TPSA) is 56.1 Å². The van der Waals surface area contributed by atoms with Crippen LogP contribution >= 0.6 is 0 Å². The second-order valence-electron chi connectivity index (χ2n) is 11.8. The Morgan fingerprint density at radius 3 is 2.11 bits per heavy atom. The second kappa shape index (κ2) is 18.1. The first kappa shape index (κ1) is 33.1. The summed E-state index contributed by atoms with van der Waals surface area (Å²) in [7, 11) is 1.67. The largest absolute Gasteiger partial charge is 0.493 e. The first-order valence-electron chi connectivity index (χ1n) is 16.7. The van der Waals surface area contributed by atoms with Crippen LogP contribution in [-0.2, 0) is 17.8 Å². The molecule has 0 saturated heterocycles. The summed E-state index contributed by atoms with van der Waals surface area (Å²) in [5.74, 6) is 2.44. The Morgan fingerprint density at radius 1 is 0.795 bits per heavy atom. The number of hydrogen-bond acceptors (Lipinski definition) is 4. The molecule has 0 aliphatic heterocycles. The number of rotatable bonds is 20. The van der Waals surface area contributed by atoms with Crippen molar-refractivity contribution in [2.45, 2.75) is 104 Å². The third-order valence-corrected chi connectivity index (χ3v) is 8.33. The summed E-state index contributed by atoms with van der Waals surface area (Å²) in [5, 5.41) is 0. The number of nitrogens with zero attached hydrogens (tertiary/aromatic N) is 3. The summed E-state index contributed by atoms with van der Waals surface area (Å²) >= 11 is 0. The Bertz CT molecular complexity index is 1410. The van der Waals surface area contributed by atoms with Gasteiger partial charge in [-0.25, -0.2) is 4.98 Å². The van der Waals surface area contributed by atoms with Gasteiger partial charge in [0.15, 0.2) is 11.5 Å². The molecule has 2 heterocycles. The van der Waals surface area contributed by atoms with Gasteiger partial charge in [0.05, 0.1) is 32.0 Å². The average molecular weight is 598 g/mol. The molecule has 4 aromatic rings. The van der Waals surface area contributed by atoms with Gasteiger partial charge in [0.2, 0.25) is 5.91 Å². The molecule has 2 aromatic heterocycles. The van der Waals surface area contributed by atoms with Crippen LogP contribution in [-0.4, -0.2) is 29.0 Å². The van der Waals surface area contributed by atoms with Crippen LogP contribution in [0, 0.1) is 0 Å². The molecule has 2 aromatic carbocycles. The van der Waals surface area contributed by atoms with E-state index < -0.39 is 0 Å². The number of ether oxygens (including phenoxy) is 2. The summed E-state index contributed by atoms with van der Waals surface area (Å²) in [5.41, 5.74) is 4.08. The lowest BCUT2D eigenvalue weighted by molar-refractivity contribution is -0.116. The molecular weight excluding hydrogens is 546 g/mol. The van der Waals surface area contributed by atoms with Crippen molar-refractivity contribution in [3.63, 3.8) is 0 Å². The molecule has 236 valence electrons. The van der Waals surface area contributed by atoms with Gasteiger partial charge >= 0.3 is 0 Å². The van der Waals surface area contributed by atoms with Crippen LogP contribution in [0.2, 0.25) is 0 Å². The van der Waals surface area contributed by atoms with E-state index in [1.165, 1.54) is 70.6 Å². The van der Waals surface area contributed by atoms with E-state index in [-0.39, 0.29) is 5.91 Å². The van der Waals surface area contributed by atoms with Crippen molar-refractivity contribution >= 4 is 17.1 Å².